The molecule has 0 radical (unpaired) electrons. The van der Waals surface area contributed by atoms with Gasteiger partial charge in [-0.3, -0.25) is 4.79 Å². The van der Waals surface area contributed by atoms with Crippen molar-refractivity contribution >= 4 is 23.2 Å². The molecule has 3 aromatic carbocycles. The van der Waals surface area contributed by atoms with Crippen LogP contribution in [0.5, 0.6) is 0 Å². The van der Waals surface area contributed by atoms with Gasteiger partial charge in [-0.1, -0.05) is 72.8 Å². The summed E-state index contributed by atoms with van der Waals surface area (Å²) < 4.78 is 5.24. The Kier molecular flexibility index (Phi) is 7.54. The van der Waals surface area contributed by atoms with Crippen LogP contribution in [-0.4, -0.2) is 27.9 Å². The summed E-state index contributed by atoms with van der Waals surface area (Å²) in [6.45, 7) is 6.08. The first kappa shape index (κ1) is 23.6. The molecule has 0 spiro atoms. The highest BCUT2D eigenvalue weighted by molar-refractivity contribution is 6.65. The summed E-state index contributed by atoms with van der Waals surface area (Å²) in [5.74, 6) is -1.65. The molecule has 0 saturated heterocycles. The molecule has 0 heterocycles. The molecular weight excluding hydrogens is 414 g/mol. The summed E-state index contributed by atoms with van der Waals surface area (Å²) in [6.07, 6.45) is 0. The molecule has 0 fully saturated rings. The zero-order valence-electron chi connectivity index (χ0n) is 19.1. The molecule has 0 bridgehead atoms. The number of ketones is 1. The normalized spacial score (nSPS) is 10.8. The average molecular weight is 442 g/mol. The van der Waals surface area contributed by atoms with Gasteiger partial charge in [-0.2, -0.15) is 4.79 Å². The largest absolute Gasteiger partial charge is 0.451 e. The fraction of sp³-hybridized carbons (Fsp3) is 0.222. The third-order valence-electron chi connectivity index (χ3n) is 4.87. The molecule has 0 unspecified atom stereocenters. The Morgan fingerprint density at radius 1 is 0.848 bits per heavy atom. The van der Waals surface area contributed by atoms with Crippen molar-refractivity contribution in [1.82, 2.24) is 0 Å². The Labute approximate surface area is 194 Å². The van der Waals surface area contributed by atoms with Crippen molar-refractivity contribution in [3.8, 4) is 0 Å². The summed E-state index contributed by atoms with van der Waals surface area (Å²) >= 11 is 0. The first-order chi connectivity index (χ1) is 15.8. The van der Waals surface area contributed by atoms with Gasteiger partial charge in [-0.25, -0.2) is 4.79 Å². The van der Waals surface area contributed by atoms with Crippen LogP contribution >= 0.6 is 0 Å². The molecule has 6 heteroatoms. The van der Waals surface area contributed by atoms with E-state index in [2.05, 4.69) is 9.69 Å². The van der Waals surface area contributed by atoms with Crippen LogP contribution in [0, 0.1) is 0 Å². The lowest BCUT2D eigenvalue weighted by molar-refractivity contribution is -0.150. The number of esters is 1. The standard InChI is InChI=1S/C27H27N3O3/c1-27(2,3)33-26(32)24(29-28)25(31)23-17-11-10-14-21(23)19-30(22-15-8-5-9-16-22)18-20-12-6-4-7-13-20/h4-17H,18-19H2,1-3H3. The average Bonchev–Trinajstić information content (AvgIpc) is 2.79. The highest BCUT2D eigenvalue weighted by atomic mass is 16.6. The SMILES string of the molecule is CC(C)(C)OC(=O)C(=[N+]=[N-])C(=O)c1ccccc1CN(Cc1ccccc1)c1ccccc1. The van der Waals surface area contributed by atoms with E-state index in [4.69, 9.17) is 4.74 Å². The highest BCUT2D eigenvalue weighted by Gasteiger charge is 2.36. The molecule has 0 atom stereocenters. The number of rotatable bonds is 8. The van der Waals surface area contributed by atoms with Gasteiger partial charge >= 0.3 is 11.7 Å². The lowest BCUT2D eigenvalue weighted by Crippen LogP contribution is -2.34. The third kappa shape index (κ3) is 6.48. The maximum atomic E-state index is 13.2. The third-order valence-corrected chi connectivity index (χ3v) is 4.87. The van der Waals surface area contributed by atoms with E-state index >= 15 is 0 Å². The number of ether oxygens (including phenoxy) is 1. The molecule has 0 aliphatic carbocycles. The van der Waals surface area contributed by atoms with Gasteiger partial charge in [0.05, 0.1) is 0 Å². The first-order valence-corrected chi connectivity index (χ1v) is 10.7. The minimum Gasteiger partial charge on any atom is -0.451 e. The van der Waals surface area contributed by atoms with E-state index in [0.717, 1.165) is 11.3 Å². The number of carbonyl (C=O) groups excluding carboxylic acids is 2. The van der Waals surface area contributed by atoms with Crippen LogP contribution in [0.3, 0.4) is 0 Å². The fourth-order valence-electron chi connectivity index (χ4n) is 3.40. The molecule has 168 valence electrons. The molecule has 0 saturated carbocycles. The summed E-state index contributed by atoms with van der Waals surface area (Å²) in [5.41, 5.74) is 11.1. The van der Waals surface area contributed by atoms with E-state index < -0.39 is 23.1 Å². The number of carbonyl (C=O) groups is 2. The van der Waals surface area contributed by atoms with Crippen molar-refractivity contribution in [2.75, 3.05) is 4.90 Å². The highest BCUT2D eigenvalue weighted by Crippen LogP contribution is 2.22. The Bertz CT molecular complexity index is 1160. The van der Waals surface area contributed by atoms with Gasteiger partial charge in [0.2, 0.25) is 0 Å². The van der Waals surface area contributed by atoms with Crippen molar-refractivity contribution in [2.45, 2.75) is 39.5 Å². The molecule has 3 rings (SSSR count). The van der Waals surface area contributed by atoms with E-state index in [1.54, 1.807) is 32.9 Å². The maximum Gasteiger partial charge on any atom is 0.446 e. The fourth-order valence-corrected chi connectivity index (χ4v) is 3.40. The van der Waals surface area contributed by atoms with Crippen LogP contribution in [0.1, 0.15) is 42.3 Å². The molecule has 0 N–H and O–H groups in total. The second-order valence-corrected chi connectivity index (χ2v) is 8.61. The summed E-state index contributed by atoms with van der Waals surface area (Å²) in [7, 11) is 0. The molecule has 0 aliphatic heterocycles. The predicted molar refractivity (Wildman–Crippen MR) is 128 cm³/mol. The minimum absolute atomic E-state index is 0.283. The Balaban J connectivity index is 1.93. The summed E-state index contributed by atoms with van der Waals surface area (Å²) in [6, 6.07) is 26.9. The maximum absolute atomic E-state index is 13.2. The van der Waals surface area contributed by atoms with Crippen molar-refractivity contribution in [2.24, 2.45) is 0 Å². The zero-order valence-corrected chi connectivity index (χ0v) is 19.1. The van der Waals surface area contributed by atoms with Crippen molar-refractivity contribution in [1.29, 1.82) is 0 Å². The second kappa shape index (κ2) is 10.5. The molecule has 6 nitrogen and oxygen atoms in total. The van der Waals surface area contributed by atoms with Crippen LogP contribution in [0.4, 0.5) is 5.69 Å². The Morgan fingerprint density at radius 2 is 1.42 bits per heavy atom. The van der Waals surface area contributed by atoms with E-state index in [-0.39, 0.29) is 5.56 Å². The molecule has 33 heavy (non-hydrogen) atoms. The van der Waals surface area contributed by atoms with Gasteiger partial charge in [-0.15, -0.1) is 0 Å². The van der Waals surface area contributed by atoms with Crippen LogP contribution in [0.2, 0.25) is 0 Å². The van der Waals surface area contributed by atoms with Crippen LogP contribution in [0.25, 0.3) is 5.53 Å². The summed E-state index contributed by atoms with van der Waals surface area (Å²) in [5, 5.41) is 0. The molecule has 0 aliphatic rings. The van der Waals surface area contributed by atoms with Gasteiger partial charge in [0.1, 0.15) is 5.60 Å². The lowest BCUT2D eigenvalue weighted by Gasteiger charge is -2.26. The first-order valence-electron chi connectivity index (χ1n) is 10.7. The number of hydrogen-bond donors (Lipinski definition) is 0. The molecule has 0 amide bonds. The van der Waals surface area contributed by atoms with E-state index in [1.165, 1.54) is 0 Å². The number of para-hydroxylation sites is 1. The number of hydrogen-bond acceptors (Lipinski definition) is 4. The van der Waals surface area contributed by atoms with Gasteiger partial charge in [0.15, 0.2) is 0 Å². The van der Waals surface area contributed by atoms with Gasteiger partial charge in [0.25, 0.3) is 5.78 Å². The predicted octanol–water partition coefficient (Wildman–Crippen LogP) is 5.09. The number of benzene rings is 3. The minimum atomic E-state index is -0.964. The van der Waals surface area contributed by atoms with Crippen LogP contribution < -0.4 is 4.90 Å². The monoisotopic (exact) mass is 441 g/mol. The van der Waals surface area contributed by atoms with Gasteiger partial charge in [-0.05, 0) is 44.0 Å². The van der Waals surface area contributed by atoms with Gasteiger partial charge in [0, 0.05) is 24.3 Å². The number of nitrogens with zero attached hydrogens (tertiary/aromatic N) is 3. The Morgan fingerprint density at radius 3 is 2.03 bits per heavy atom. The van der Waals surface area contributed by atoms with E-state index in [1.807, 2.05) is 72.8 Å². The molecule has 0 aromatic heterocycles. The lowest BCUT2D eigenvalue weighted by atomic mass is 9.99. The number of anilines is 1. The van der Waals surface area contributed by atoms with Crippen LogP contribution in [-0.2, 0) is 22.6 Å². The topological polar surface area (TPSA) is 83.0 Å². The summed E-state index contributed by atoms with van der Waals surface area (Å²) in [4.78, 5) is 30.8. The van der Waals surface area contributed by atoms with E-state index in [0.29, 0.717) is 18.7 Å². The zero-order chi connectivity index (χ0) is 23.8. The van der Waals surface area contributed by atoms with Gasteiger partial charge < -0.3 is 15.2 Å². The Hall–Kier alpha value is -4.02. The smallest absolute Gasteiger partial charge is 0.446 e. The van der Waals surface area contributed by atoms with Crippen molar-refractivity contribution in [3.05, 3.63) is 107 Å². The quantitative estimate of drug-likeness (QED) is 0.122. The van der Waals surface area contributed by atoms with Crippen LogP contribution in [0.15, 0.2) is 84.9 Å². The molecular formula is C27H27N3O3. The van der Waals surface area contributed by atoms with Crippen molar-refractivity contribution < 1.29 is 19.1 Å². The second-order valence-electron chi connectivity index (χ2n) is 8.61. The van der Waals surface area contributed by atoms with Crippen molar-refractivity contribution in [3.63, 3.8) is 0 Å². The van der Waals surface area contributed by atoms with E-state index in [9.17, 15) is 15.1 Å². The number of Topliss-reactive ketones (excluding diaryl/α,β-unsaturated/α-hetero) is 1. The molecule has 3 aromatic rings.